The molecule has 2 N–H and O–H groups in total. The van der Waals surface area contributed by atoms with Crippen LogP contribution in [0.4, 0.5) is 0 Å². The molecule has 0 aliphatic heterocycles. The van der Waals surface area contributed by atoms with Gasteiger partial charge in [-0.15, -0.1) is 0 Å². The fourth-order valence-electron chi connectivity index (χ4n) is 2.62. The molecular formula is C22H20N2O3. The number of hydrogen-bond acceptors (Lipinski definition) is 3. The molecule has 3 aromatic carbocycles. The summed E-state index contributed by atoms with van der Waals surface area (Å²) in [4.78, 5) is 24.1. The van der Waals surface area contributed by atoms with Crippen LogP contribution in [0.15, 0.2) is 78.9 Å². The van der Waals surface area contributed by atoms with Crippen LogP contribution in [-0.2, 0) is 11.2 Å². The Kier molecular flexibility index (Phi) is 5.84. The molecule has 0 aliphatic rings. The van der Waals surface area contributed by atoms with E-state index in [1.807, 2.05) is 54.6 Å². The monoisotopic (exact) mass is 360 g/mol. The van der Waals surface area contributed by atoms with Gasteiger partial charge in [0.05, 0.1) is 13.5 Å². The maximum Gasteiger partial charge on any atom is 0.269 e. The van der Waals surface area contributed by atoms with Crippen molar-refractivity contribution < 1.29 is 14.3 Å². The SMILES string of the molecule is COc1ccc(C(=O)NNC(=O)Cc2ccc(-c3ccccc3)cc2)cc1. The Balaban J connectivity index is 1.52. The highest BCUT2D eigenvalue weighted by atomic mass is 16.5. The zero-order chi connectivity index (χ0) is 19.1. The van der Waals surface area contributed by atoms with E-state index in [-0.39, 0.29) is 18.2 Å². The lowest BCUT2D eigenvalue weighted by Crippen LogP contribution is -2.42. The van der Waals surface area contributed by atoms with Crippen molar-refractivity contribution in [3.63, 3.8) is 0 Å². The summed E-state index contributed by atoms with van der Waals surface area (Å²) in [6.07, 6.45) is 0.179. The number of carbonyl (C=O) groups is 2. The van der Waals surface area contributed by atoms with Crippen LogP contribution in [0.2, 0.25) is 0 Å². The maximum absolute atomic E-state index is 12.1. The number of ether oxygens (including phenoxy) is 1. The van der Waals surface area contributed by atoms with E-state index in [0.717, 1.165) is 16.7 Å². The minimum Gasteiger partial charge on any atom is -0.497 e. The van der Waals surface area contributed by atoms with Crippen molar-refractivity contribution in [2.45, 2.75) is 6.42 Å². The molecule has 0 fully saturated rings. The molecule has 0 unspecified atom stereocenters. The molecule has 0 radical (unpaired) electrons. The van der Waals surface area contributed by atoms with Gasteiger partial charge in [-0.25, -0.2) is 0 Å². The summed E-state index contributed by atoms with van der Waals surface area (Å²) in [7, 11) is 1.56. The Bertz CT molecular complexity index is 905. The molecule has 0 spiro atoms. The van der Waals surface area contributed by atoms with E-state index in [2.05, 4.69) is 10.9 Å². The summed E-state index contributed by atoms with van der Waals surface area (Å²) in [6, 6.07) is 24.4. The number of hydrogen-bond donors (Lipinski definition) is 2. The highest BCUT2D eigenvalue weighted by Gasteiger charge is 2.08. The predicted octanol–water partition coefficient (Wildman–Crippen LogP) is 3.37. The van der Waals surface area contributed by atoms with E-state index in [0.29, 0.717) is 11.3 Å². The van der Waals surface area contributed by atoms with Gasteiger partial charge in [-0.2, -0.15) is 0 Å². The van der Waals surface area contributed by atoms with Crippen molar-refractivity contribution in [3.8, 4) is 16.9 Å². The number of benzene rings is 3. The van der Waals surface area contributed by atoms with Gasteiger partial charge in [0.15, 0.2) is 0 Å². The Morgan fingerprint density at radius 3 is 2.04 bits per heavy atom. The van der Waals surface area contributed by atoms with Crippen LogP contribution in [0, 0.1) is 0 Å². The molecule has 0 aromatic heterocycles. The molecule has 5 nitrogen and oxygen atoms in total. The Labute approximate surface area is 158 Å². The fraction of sp³-hybridized carbons (Fsp3) is 0.0909. The quantitative estimate of drug-likeness (QED) is 0.686. The number of carbonyl (C=O) groups excluding carboxylic acids is 2. The Hall–Kier alpha value is -3.60. The van der Waals surface area contributed by atoms with E-state index in [9.17, 15) is 9.59 Å². The van der Waals surface area contributed by atoms with Crippen LogP contribution in [0.3, 0.4) is 0 Å². The molecule has 0 atom stereocenters. The lowest BCUT2D eigenvalue weighted by atomic mass is 10.0. The van der Waals surface area contributed by atoms with Crippen LogP contribution in [0.1, 0.15) is 15.9 Å². The zero-order valence-corrected chi connectivity index (χ0v) is 14.9. The Morgan fingerprint density at radius 1 is 0.778 bits per heavy atom. The molecule has 0 aliphatic carbocycles. The van der Waals surface area contributed by atoms with E-state index in [4.69, 9.17) is 4.74 Å². The van der Waals surface area contributed by atoms with Gasteiger partial charge < -0.3 is 4.74 Å². The summed E-state index contributed by atoms with van der Waals surface area (Å²) in [5, 5.41) is 0. The molecule has 0 heterocycles. The van der Waals surface area contributed by atoms with E-state index < -0.39 is 0 Å². The second-order valence-electron chi connectivity index (χ2n) is 5.97. The van der Waals surface area contributed by atoms with E-state index in [1.165, 1.54) is 0 Å². The molecule has 0 saturated heterocycles. The normalized spacial score (nSPS) is 10.1. The average molecular weight is 360 g/mol. The van der Waals surface area contributed by atoms with Crippen LogP contribution in [0.25, 0.3) is 11.1 Å². The number of methoxy groups -OCH3 is 1. The molecule has 0 bridgehead atoms. The fourth-order valence-corrected chi connectivity index (χ4v) is 2.62. The van der Waals surface area contributed by atoms with Gasteiger partial charge in [-0.3, -0.25) is 20.4 Å². The average Bonchev–Trinajstić information content (AvgIpc) is 2.73. The van der Waals surface area contributed by atoms with Gasteiger partial charge in [-0.1, -0.05) is 54.6 Å². The summed E-state index contributed by atoms with van der Waals surface area (Å²) in [6.45, 7) is 0. The van der Waals surface area contributed by atoms with Crippen molar-refractivity contribution in [2.75, 3.05) is 7.11 Å². The number of hydrazine groups is 1. The van der Waals surface area contributed by atoms with Crippen molar-refractivity contribution in [3.05, 3.63) is 90.0 Å². The van der Waals surface area contributed by atoms with Crippen LogP contribution in [-0.4, -0.2) is 18.9 Å². The first-order valence-corrected chi connectivity index (χ1v) is 8.53. The summed E-state index contributed by atoms with van der Waals surface area (Å²) in [5.74, 6) is -0.00992. The van der Waals surface area contributed by atoms with Crippen molar-refractivity contribution in [1.82, 2.24) is 10.9 Å². The van der Waals surface area contributed by atoms with Crippen molar-refractivity contribution in [2.24, 2.45) is 0 Å². The van der Waals surface area contributed by atoms with Gasteiger partial charge in [0.25, 0.3) is 5.91 Å². The summed E-state index contributed by atoms with van der Waals surface area (Å²) < 4.78 is 5.05. The van der Waals surface area contributed by atoms with Crippen LogP contribution < -0.4 is 15.6 Å². The smallest absolute Gasteiger partial charge is 0.269 e. The lowest BCUT2D eigenvalue weighted by molar-refractivity contribution is -0.121. The van der Waals surface area contributed by atoms with Gasteiger partial charge in [0, 0.05) is 5.56 Å². The number of amides is 2. The topological polar surface area (TPSA) is 67.4 Å². The van der Waals surface area contributed by atoms with Crippen molar-refractivity contribution >= 4 is 11.8 Å². The van der Waals surface area contributed by atoms with Gasteiger partial charge in [0.1, 0.15) is 5.75 Å². The van der Waals surface area contributed by atoms with Gasteiger partial charge in [-0.05, 0) is 41.0 Å². The second-order valence-corrected chi connectivity index (χ2v) is 5.97. The van der Waals surface area contributed by atoms with Crippen LogP contribution in [0.5, 0.6) is 5.75 Å². The molecule has 5 heteroatoms. The van der Waals surface area contributed by atoms with E-state index >= 15 is 0 Å². The first-order valence-electron chi connectivity index (χ1n) is 8.53. The zero-order valence-electron chi connectivity index (χ0n) is 14.9. The molecule has 27 heavy (non-hydrogen) atoms. The maximum atomic E-state index is 12.1. The largest absolute Gasteiger partial charge is 0.497 e. The summed E-state index contributed by atoms with van der Waals surface area (Å²) >= 11 is 0. The minimum absolute atomic E-state index is 0.179. The third kappa shape index (κ3) is 4.95. The Morgan fingerprint density at radius 2 is 1.41 bits per heavy atom. The third-order valence-corrected chi connectivity index (χ3v) is 4.09. The lowest BCUT2D eigenvalue weighted by Gasteiger charge is -2.08. The van der Waals surface area contributed by atoms with E-state index in [1.54, 1.807) is 31.4 Å². The molecule has 136 valence electrons. The molecule has 3 aromatic rings. The first-order chi connectivity index (χ1) is 13.2. The molecule has 0 saturated carbocycles. The third-order valence-electron chi connectivity index (χ3n) is 4.09. The van der Waals surface area contributed by atoms with Crippen LogP contribution >= 0.6 is 0 Å². The highest BCUT2D eigenvalue weighted by molar-refractivity contribution is 5.95. The first kappa shape index (κ1) is 18.2. The van der Waals surface area contributed by atoms with Crippen molar-refractivity contribution in [1.29, 1.82) is 0 Å². The predicted molar refractivity (Wildman–Crippen MR) is 104 cm³/mol. The van der Waals surface area contributed by atoms with Gasteiger partial charge in [0.2, 0.25) is 5.91 Å². The van der Waals surface area contributed by atoms with Gasteiger partial charge >= 0.3 is 0 Å². The number of rotatable bonds is 5. The molecule has 3 rings (SSSR count). The minimum atomic E-state index is -0.384. The highest BCUT2D eigenvalue weighted by Crippen LogP contribution is 2.19. The standard InChI is InChI=1S/C22H20N2O3/c1-27-20-13-11-19(12-14-20)22(26)24-23-21(25)15-16-7-9-18(10-8-16)17-5-3-2-4-6-17/h2-14H,15H2,1H3,(H,23,25)(H,24,26). The second kappa shape index (κ2) is 8.67. The molecule has 2 amide bonds. The number of nitrogens with one attached hydrogen (secondary N) is 2. The molecular weight excluding hydrogens is 340 g/mol. The summed E-state index contributed by atoms with van der Waals surface area (Å²) in [5.41, 5.74) is 8.36.